The molecule has 1 atom stereocenters. The zero-order valence-electron chi connectivity index (χ0n) is 9.47. The molecule has 0 saturated heterocycles. The quantitative estimate of drug-likeness (QED) is 0.614. The van der Waals surface area contributed by atoms with E-state index in [0.29, 0.717) is 6.04 Å². The van der Waals surface area contributed by atoms with Gasteiger partial charge in [-0.3, -0.25) is 0 Å². The monoisotopic (exact) mass is 188 g/mol. The minimum atomic E-state index is 0.459. The molecule has 0 aromatic rings. The van der Waals surface area contributed by atoms with Crippen LogP contribution in [0.15, 0.2) is 0 Å². The largest absolute Gasteiger partial charge is 0.383 e. The zero-order valence-corrected chi connectivity index (χ0v) is 9.47. The van der Waals surface area contributed by atoms with Crippen LogP contribution in [0.5, 0.6) is 0 Å². The Morgan fingerprint density at radius 1 is 1.31 bits per heavy atom. The van der Waals surface area contributed by atoms with Gasteiger partial charge in [0.25, 0.3) is 0 Å². The molecule has 0 amide bonds. The SMILES string of the molecule is CCN(CC)CCN[C@H](C)COC. The molecule has 3 heteroatoms. The number of nitrogens with one attached hydrogen (secondary N) is 1. The molecule has 0 aromatic heterocycles. The maximum absolute atomic E-state index is 5.04. The van der Waals surface area contributed by atoms with Crippen molar-refractivity contribution >= 4 is 0 Å². The second-order valence-electron chi connectivity index (χ2n) is 3.34. The van der Waals surface area contributed by atoms with Gasteiger partial charge < -0.3 is 15.0 Å². The summed E-state index contributed by atoms with van der Waals surface area (Å²) in [5.74, 6) is 0. The Hall–Kier alpha value is -0.120. The number of hydrogen-bond donors (Lipinski definition) is 1. The highest BCUT2D eigenvalue weighted by molar-refractivity contribution is 4.61. The van der Waals surface area contributed by atoms with Gasteiger partial charge in [0.15, 0.2) is 0 Å². The van der Waals surface area contributed by atoms with Gasteiger partial charge in [-0.1, -0.05) is 13.8 Å². The molecule has 1 N–H and O–H groups in total. The molecule has 0 heterocycles. The van der Waals surface area contributed by atoms with Gasteiger partial charge in [0, 0.05) is 26.2 Å². The summed E-state index contributed by atoms with van der Waals surface area (Å²) in [7, 11) is 1.74. The fourth-order valence-electron chi connectivity index (χ4n) is 1.32. The minimum absolute atomic E-state index is 0.459. The Kier molecular flexibility index (Phi) is 8.40. The van der Waals surface area contributed by atoms with Crippen LogP contribution in [-0.4, -0.2) is 50.8 Å². The van der Waals surface area contributed by atoms with Crippen LogP contribution in [0, 0.1) is 0 Å². The van der Waals surface area contributed by atoms with E-state index in [1.807, 2.05) is 0 Å². The third-order valence-corrected chi connectivity index (χ3v) is 2.23. The third-order valence-electron chi connectivity index (χ3n) is 2.23. The summed E-state index contributed by atoms with van der Waals surface area (Å²) in [4.78, 5) is 2.41. The van der Waals surface area contributed by atoms with Crippen LogP contribution >= 0.6 is 0 Å². The van der Waals surface area contributed by atoms with Crippen LogP contribution in [0.1, 0.15) is 20.8 Å². The molecular formula is C10H24N2O. The fraction of sp³-hybridized carbons (Fsp3) is 1.00. The van der Waals surface area contributed by atoms with E-state index in [1.54, 1.807) is 7.11 Å². The van der Waals surface area contributed by atoms with Gasteiger partial charge >= 0.3 is 0 Å². The number of hydrogen-bond acceptors (Lipinski definition) is 3. The van der Waals surface area contributed by atoms with Crippen molar-refractivity contribution in [3.05, 3.63) is 0 Å². The van der Waals surface area contributed by atoms with Crippen molar-refractivity contribution in [3.8, 4) is 0 Å². The molecule has 13 heavy (non-hydrogen) atoms. The first-order chi connectivity index (χ1) is 6.24. The van der Waals surface area contributed by atoms with Crippen LogP contribution in [-0.2, 0) is 4.74 Å². The molecule has 0 aliphatic carbocycles. The predicted molar refractivity (Wildman–Crippen MR) is 57.1 cm³/mol. The van der Waals surface area contributed by atoms with E-state index in [2.05, 4.69) is 31.0 Å². The maximum Gasteiger partial charge on any atom is 0.0613 e. The first-order valence-corrected chi connectivity index (χ1v) is 5.19. The van der Waals surface area contributed by atoms with Gasteiger partial charge in [-0.05, 0) is 20.0 Å². The lowest BCUT2D eigenvalue weighted by Crippen LogP contribution is -2.37. The Morgan fingerprint density at radius 2 is 1.92 bits per heavy atom. The maximum atomic E-state index is 5.04. The average Bonchev–Trinajstić information content (AvgIpc) is 2.13. The van der Waals surface area contributed by atoms with Crippen LogP contribution < -0.4 is 5.32 Å². The first kappa shape index (κ1) is 12.9. The van der Waals surface area contributed by atoms with E-state index in [1.165, 1.54) is 0 Å². The second kappa shape index (κ2) is 8.48. The van der Waals surface area contributed by atoms with E-state index >= 15 is 0 Å². The molecule has 0 unspecified atom stereocenters. The van der Waals surface area contributed by atoms with Crippen LogP contribution in [0.25, 0.3) is 0 Å². The first-order valence-electron chi connectivity index (χ1n) is 5.19. The Morgan fingerprint density at radius 3 is 2.38 bits per heavy atom. The summed E-state index contributed by atoms with van der Waals surface area (Å²) in [6, 6.07) is 0.459. The molecule has 0 spiro atoms. The summed E-state index contributed by atoms with van der Waals surface area (Å²) in [6.07, 6.45) is 0. The molecule has 0 aliphatic heterocycles. The van der Waals surface area contributed by atoms with Gasteiger partial charge in [0.1, 0.15) is 0 Å². The van der Waals surface area contributed by atoms with E-state index in [0.717, 1.165) is 32.8 Å². The van der Waals surface area contributed by atoms with E-state index in [4.69, 9.17) is 4.74 Å². The van der Waals surface area contributed by atoms with Gasteiger partial charge in [-0.25, -0.2) is 0 Å². The standard InChI is InChI=1S/C10H24N2O/c1-5-12(6-2)8-7-11-10(3)9-13-4/h10-11H,5-9H2,1-4H3/t10-/m1/s1. The predicted octanol–water partition coefficient (Wildman–Crippen LogP) is 0.953. The number of likely N-dealkylation sites (N-methyl/N-ethyl adjacent to an activating group) is 1. The third kappa shape index (κ3) is 6.99. The molecule has 0 aliphatic rings. The summed E-state index contributed by atoms with van der Waals surface area (Å²) in [5, 5.41) is 3.42. The molecule has 0 radical (unpaired) electrons. The normalized spacial score (nSPS) is 13.6. The molecule has 0 saturated carbocycles. The summed E-state index contributed by atoms with van der Waals surface area (Å²) in [5.41, 5.74) is 0. The molecule has 80 valence electrons. The van der Waals surface area contributed by atoms with Crippen molar-refractivity contribution in [2.24, 2.45) is 0 Å². The van der Waals surface area contributed by atoms with Crippen LogP contribution in [0.4, 0.5) is 0 Å². The Labute approximate surface area is 82.4 Å². The van der Waals surface area contributed by atoms with Gasteiger partial charge in [0.2, 0.25) is 0 Å². The highest BCUT2D eigenvalue weighted by Gasteiger charge is 2.01. The van der Waals surface area contributed by atoms with E-state index < -0.39 is 0 Å². The van der Waals surface area contributed by atoms with E-state index in [-0.39, 0.29) is 0 Å². The van der Waals surface area contributed by atoms with Crippen molar-refractivity contribution < 1.29 is 4.74 Å². The molecule has 0 fully saturated rings. The van der Waals surface area contributed by atoms with Crippen LogP contribution in [0.3, 0.4) is 0 Å². The molecule has 0 bridgehead atoms. The van der Waals surface area contributed by atoms with E-state index in [9.17, 15) is 0 Å². The Balaban J connectivity index is 3.32. The van der Waals surface area contributed by atoms with Gasteiger partial charge in [-0.15, -0.1) is 0 Å². The number of methoxy groups -OCH3 is 1. The molecular weight excluding hydrogens is 164 g/mol. The fourth-order valence-corrected chi connectivity index (χ4v) is 1.32. The highest BCUT2D eigenvalue weighted by Crippen LogP contribution is 1.86. The molecule has 0 aromatic carbocycles. The van der Waals surface area contributed by atoms with Gasteiger partial charge in [0.05, 0.1) is 6.61 Å². The summed E-state index contributed by atoms with van der Waals surface area (Å²) >= 11 is 0. The van der Waals surface area contributed by atoms with Crippen molar-refractivity contribution in [1.29, 1.82) is 0 Å². The summed E-state index contributed by atoms with van der Waals surface area (Å²) in [6.45, 7) is 11.8. The van der Waals surface area contributed by atoms with Crippen molar-refractivity contribution in [2.45, 2.75) is 26.8 Å². The number of ether oxygens (including phenoxy) is 1. The second-order valence-corrected chi connectivity index (χ2v) is 3.34. The summed E-state index contributed by atoms with van der Waals surface area (Å²) < 4.78 is 5.04. The highest BCUT2D eigenvalue weighted by atomic mass is 16.5. The van der Waals surface area contributed by atoms with Crippen LogP contribution in [0.2, 0.25) is 0 Å². The lowest BCUT2D eigenvalue weighted by molar-refractivity contribution is 0.169. The lowest BCUT2D eigenvalue weighted by Gasteiger charge is -2.20. The van der Waals surface area contributed by atoms with Crippen molar-refractivity contribution in [2.75, 3.05) is 39.9 Å². The zero-order chi connectivity index (χ0) is 10.1. The molecule has 0 rings (SSSR count). The lowest BCUT2D eigenvalue weighted by atomic mass is 10.3. The van der Waals surface area contributed by atoms with Crippen molar-refractivity contribution in [1.82, 2.24) is 10.2 Å². The van der Waals surface area contributed by atoms with Crippen molar-refractivity contribution in [3.63, 3.8) is 0 Å². The smallest absolute Gasteiger partial charge is 0.0613 e. The number of rotatable bonds is 8. The minimum Gasteiger partial charge on any atom is -0.383 e. The van der Waals surface area contributed by atoms with Gasteiger partial charge in [-0.2, -0.15) is 0 Å². The topological polar surface area (TPSA) is 24.5 Å². The average molecular weight is 188 g/mol. The Bertz CT molecular complexity index is 105. The molecule has 3 nitrogen and oxygen atoms in total. The number of nitrogens with zero attached hydrogens (tertiary/aromatic N) is 1.